The maximum absolute atomic E-state index is 14.5. The SMILES string of the molecule is COc1ccc(CC(Cc2ccc(OC)cc2)N2C(=O)C(OC(C)=O)(Sc3ccccc3)C2CCc2ccccc2)cc1. The topological polar surface area (TPSA) is 65.1 Å². The Kier molecular flexibility index (Phi) is 9.72. The summed E-state index contributed by atoms with van der Waals surface area (Å²) < 4.78 is 16.8. The first-order chi connectivity index (χ1) is 20.9. The summed E-state index contributed by atoms with van der Waals surface area (Å²) >= 11 is 1.33. The molecule has 0 bridgehead atoms. The van der Waals surface area contributed by atoms with Crippen LogP contribution in [-0.2, 0) is 33.6 Å². The van der Waals surface area contributed by atoms with E-state index in [9.17, 15) is 9.59 Å². The zero-order valence-corrected chi connectivity index (χ0v) is 25.6. The van der Waals surface area contributed by atoms with Gasteiger partial charge in [-0.25, -0.2) is 0 Å². The van der Waals surface area contributed by atoms with Crippen molar-refractivity contribution >= 4 is 23.6 Å². The molecule has 2 atom stereocenters. The molecule has 0 saturated carbocycles. The van der Waals surface area contributed by atoms with E-state index in [1.54, 1.807) is 14.2 Å². The maximum Gasteiger partial charge on any atom is 0.304 e. The van der Waals surface area contributed by atoms with E-state index in [4.69, 9.17) is 14.2 Å². The van der Waals surface area contributed by atoms with Crippen LogP contribution in [0.15, 0.2) is 114 Å². The van der Waals surface area contributed by atoms with Gasteiger partial charge in [0, 0.05) is 17.9 Å². The number of nitrogens with zero attached hydrogens (tertiary/aromatic N) is 1. The lowest BCUT2D eigenvalue weighted by molar-refractivity contribution is -0.193. The predicted molar refractivity (Wildman–Crippen MR) is 169 cm³/mol. The molecule has 1 fully saturated rings. The highest BCUT2D eigenvalue weighted by Crippen LogP contribution is 2.50. The summed E-state index contributed by atoms with van der Waals surface area (Å²) in [5, 5.41) is 0. The summed E-state index contributed by atoms with van der Waals surface area (Å²) in [6.07, 6.45) is 2.65. The van der Waals surface area contributed by atoms with E-state index in [0.717, 1.165) is 33.9 Å². The standard InChI is InChI=1S/C36H37NO5S/c1-26(38)42-36(43-33-12-8-5-9-13-33)34(23-18-27-10-6-4-7-11-27)37(35(36)39)30(24-28-14-19-31(40-2)20-15-28)25-29-16-21-32(41-3)22-17-29/h4-17,19-22,30,34H,18,23-25H2,1-3H3. The zero-order chi connectivity index (χ0) is 30.2. The highest BCUT2D eigenvalue weighted by molar-refractivity contribution is 8.01. The van der Waals surface area contributed by atoms with Crippen LogP contribution in [0.2, 0.25) is 0 Å². The van der Waals surface area contributed by atoms with Crippen molar-refractivity contribution in [3.63, 3.8) is 0 Å². The number of likely N-dealkylation sites (tertiary alicyclic amines) is 1. The molecule has 1 heterocycles. The Balaban J connectivity index is 1.53. The number of hydrogen-bond donors (Lipinski definition) is 0. The molecule has 4 aromatic carbocycles. The summed E-state index contributed by atoms with van der Waals surface area (Å²) in [6.45, 7) is 1.38. The fourth-order valence-electron chi connectivity index (χ4n) is 5.74. The third-order valence-corrected chi connectivity index (χ3v) is 9.16. The van der Waals surface area contributed by atoms with Gasteiger partial charge in [0.1, 0.15) is 11.5 Å². The summed E-state index contributed by atoms with van der Waals surface area (Å²) in [4.78, 5) is 28.5. The average molecular weight is 596 g/mol. The van der Waals surface area contributed by atoms with E-state index in [-0.39, 0.29) is 18.0 Å². The number of hydrogen-bond acceptors (Lipinski definition) is 6. The maximum atomic E-state index is 14.5. The van der Waals surface area contributed by atoms with Crippen LogP contribution in [0.5, 0.6) is 11.5 Å². The number of carbonyl (C=O) groups is 2. The molecule has 1 amide bonds. The molecular weight excluding hydrogens is 558 g/mol. The number of amides is 1. The largest absolute Gasteiger partial charge is 0.497 e. The smallest absolute Gasteiger partial charge is 0.304 e. The van der Waals surface area contributed by atoms with E-state index >= 15 is 0 Å². The second kappa shape index (κ2) is 13.8. The van der Waals surface area contributed by atoms with Crippen LogP contribution in [0.1, 0.15) is 30.0 Å². The Hall–Kier alpha value is -4.23. The number of methoxy groups -OCH3 is 2. The Bertz CT molecular complexity index is 1450. The highest BCUT2D eigenvalue weighted by atomic mass is 32.2. The van der Waals surface area contributed by atoms with Crippen molar-refractivity contribution in [1.29, 1.82) is 0 Å². The first-order valence-electron chi connectivity index (χ1n) is 14.5. The van der Waals surface area contributed by atoms with Gasteiger partial charge in [-0.2, -0.15) is 0 Å². The van der Waals surface area contributed by atoms with Gasteiger partial charge in [0.05, 0.1) is 20.3 Å². The minimum Gasteiger partial charge on any atom is -0.497 e. The first kappa shape index (κ1) is 30.2. The van der Waals surface area contributed by atoms with Gasteiger partial charge in [0.2, 0.25) is 0 Å². The van der Waals surface area contributed by atoms with Crippen molar-refractivity contribution in [3.05, 3.63) is 126 Å². The molecule has 1 aliphatic rings. The Morgan fingerprint density at radius 2 is 1.28 bits per heavy atom. The minimum absolute atomic E-state index is 0.171. The molecule has 1 aliphatic heterocycles. The number of benzene rings is 4. The van der Waals surface area contributed by atoms with E-state index in [2.05, 4.69) is 12.1 Å². The number of aryl methyl sites for hydroxylation is 1. The van der Waals surface area contributed by atoms with Crippen molar-refractivity contribution in [2.75, 3.05) is 14.2 Å². The van der Waals surface area contributed by atoms with Gasteiger partial charge in [-0.05, 0) is 78.8 Å². The first-order valence-corrected chi connectivity index (χ1v) is 15.3. The Morgan fingerprint density at radius 1 is 0.767 bits per heavy atom. The van der Waals surface area contributed by atoms with Crippen molar-refractivity contribution in [1.82, 2.24) is 4.90 Å². The lowest BCUT2D eigenvalue weighted by atomic mass is 9.85. The van der Waals surface area contributed by atoms with Gasteiger partial charge in [-0.15, -0.1) is 0 Å². The van der Waals surface area contributed by atoms with Gasteiger partial charge >= 0.3 is 5.97 Å². The van der Waals surface area contributed by atoms with Crippen molar-refractivity contribution in [2.24, 2.45) is 0 Å². The quantitative estimate of drug-likeness (QED) is 0.0968. The fraction of sp³-hybridized carbons (Fsp3) is 0.278. The van der Waals surface area contributed by atoms with Crippen LogP contribution in [-0.4, -0.2) is 48.0 Å². The molecular formula is C36H37NO5S. The molecule has 0 aromatic heterocycles. The van der Waals surface area contributed by atoms with E-state index in [0.29, 0.717) is 19.3 Å². The van der Waals surface area contributed by atoms with E-state index < -0.39 is 10.9 Å². The molecule has 0 N–H and O–H groups in total. The monoisotopic (exact) mass is 595 g/mol. The van der Waals surface area contributed by atoms with Gasteiger partial charge in [-0.3, -0.25) is 9.59 Å². The molecule has 6 nitrogen and oxygen atoms in total. The third-order valence-electron chi connectivity index (χ3n) is 7.82. The third kappa shape index (κ3) is 7.05. The van der Waals surface area contributed by atoms with E-state index in [1.165, 1.54) is 24.2 Å². The van der Waals surface area contributed by atoms with Gasteiger partial charge in [0.25, 0.3) is 10.8 Å². The van der Waals surface area contributed by atoms with Crippen LogP contribution in [0.3, 0.4) is 0 Å². The number of β-lactam (4-membered cyclic amide) rings is 1. The normalized spacial score (nSPS) is 17.8. The Morgan fingerprint density at radius 3 is 1.77 bits per heavy atom. The van der Waals surface area contributed by atoms with Crippen molar-refractivity contribution < 1.29 is 23.8 Å². The number of ether oxygens (including phenoxy) is 3. The van der Waals surface area contributed by atoms with E-state index in [1.807, 2.05) is 102 Å². The lowest BCUT2D eigenvalue weighted by Crippen LogP contribution is -2.76. The van der Waals surface area contributed by atoms with Crippen LogP contribution in [0.25, 0.3) is 0 Å². The number of esters is 1. The van der Waals surface area contributed by atoms with Crippen LogP contribution < -0.4 is 9.47 Å². The molecule has 222 valence electrons. The molecule has 4 aromatic rings. The Labute approximate surface area is 258 Å². The van der Waals surface area contributed by atoms with Crippen molar-refractivity contribution in [3.8, 4) is 11.5 Å². The van der Waals surface area contributed by atoms with Crippen LogP contribution in [0, 0.1) is 0 Å². The fourth-order valence-corrected chi connectivity index (χ4v) is 7.10. The molecule has 0 radical (unpaired) electrons. The molecule has 2 unspecified atom stereocenters. The summed E-state index contributed by atoms with van der Waals surface area (Å²) in [7, 11) is 3.30. The summed E-state index contributed by atoms with van der Waals surface area (Å²) in [5.74, 6) is 0.915. The lowest BCUT2D eigenvalue weighted by Gasteiger charge is -2.57. The van der Waals surface area contributed by atoms with Crippen molar-refractivity contribution in [2.45, 2.75) is 54.5 Å². The molecule has 0 aliphatic carbocycles. The average Bonchev–Trinajstić information content (AvgIpc) is 3.03. The van der Waals surface area contributed by atoms with Crippen LogP contribution in [0.4, 0.5) is 0 Å². The van der Waals surface area contributed by atoms with Gasteiger partial charge in [-0.1, -0.05) is 84.6 Å². The van der Waals surface area contributed by atoms with Gasteiger partial charge in [0.15, 0.2) is 0 Å². The number of thioether (sulfide) groups is 1. The second-order valence-electron chi connectivity index (χ2n) is 10.7. The van der Waals surface area contributed by atoms with Gasteiger partial charge < -0.3 is 19.1 Å². The highest BCUT2D eigenvalue weighted by Gasteiger charge is 2.65. The molecule has 43 heavy (non-hydrogen) atoms. The molecule has 5 rings (SSSR count). The number of carbonyl (C=O) groups excluding carboxylic acids is 2. The molecule has 7 heteroatoms. The zero-order valence-electron chi connectivity index (χ0n) is 24.8. The summed E-state index contributed by atoms with van der Waals surface area (Å²) in [6, 6.07) is 35.4. The molecule has 0 spiro atoms. The second-order valence-corrected chi connectivity index (χ2v) is 12.0. The predicted octanol–water partition coefficient (Wildman–Crippen LogP) is 6.75. The summed E-state index contributed by atoms with van der Waals surface area (Å²) in [5.41, 5.74) is 3.36. The van der Waals surface area contributed by atoms with Crippen LogP contribution >= 0.6 is 11.8 Å². The number of rotatable bonds is 13. The molecule has 1 saturated heterocycles. The minimum atomic E-state index is -1.35.